The number of morpholine rings is 2. The number of rotatable bonds is 3. The van der Waals surface area contributed by atoms with Crippen molar-refractivity contribution in [2.24, 2.45) is 0 Å². The Kier molecular flexibility index (Phi) is 5.34. The maximum atomic E-state index is 5.94. The molecule has 8 nitrogen and oxygen atoms in total. The summed E-state index contributed by atoms with van der Waals surface area (Å²) in [4.78, 5) is 19.0. The molecule has 2 aromatic heterocycles. The SMILES string of the molecule is C[C@@H]1CN(c2nc(-n3cnc4ccccc43)nc(N3CCOCC3)c2Br)C[C@@H](C)O1. The fourth-order valence-electron chi connectivity index (χ4n) is 4.18. The van der Waals surface area contributed by atoms with E-state index in [1.807, 2.05) is 28.8 Å². The van der Waals surface area contributed by atoms with Crippen molar-refractivity contribution in [1.29, 1.82) is 0 Å². The van der Waals surface area contributed by atoms with E-state index >= 15 is 0 Å². The summed E-state index contributed by atoms with van der Waals surface area (Å²) in [5, 5.41) is 0. The first-order chi connectivity index (χ1) is 14.6. The molecule has 0 amide bonds. The monoisotopic (exact) mass is 472 g/mol. The summed E-state index contributed by atoms with van der Waals surface area (Å²) in [5.74, 6) is 2.40. The number of aromatic nitrogens is 4. The minimum atomic E-state index is 0.139. The highest BCUT2D eigenvalue weighted by atomic mass is 79.9. The number of ether oxygens (including phenoxy) is 2. The van der Waals surface area contributed by atoms with Crippen LogP contribution >= 0.6 is 15.9 Å². The highest BCUT2D eigenvalue weighted by Crippen LogP contribution is 2.35. The summed E-state index contributed by atoms with van der Waals surface area (Å²) in [6.45, 7) is 8.76. The topological polar surface area (TPSA) is 68.5 Å². The standard InChI is InChI=1S/C21H25BrN6O2/c1-14-11-27(12-15(2)30-14)20-18(22)19(26-7-9-29-10-8-26)24-21(25-20)28-13-23-16-5-3-4-6-17(16)28/h3-6,13-15H,7-12H2,1-2H3/t14-,15-/m1/s1. The Bertz CT molecular complexity index is 1040. The van der Waals surface area contributed by atoms with E-state index in [0.29, 0.717) is 19.2 Å². The smallest absolute Gasteiger partial charge is 0.239 e. The number of anilines is 2. The molecule has 0 bridgehead atoms. The number of fused-ring (bicyclic) bond motifs is 1. The predicted molar refractivity (Wildman–Crippen MR) is 120 cm³/mol. The van der Waals surface area contributed by atoms with Crippen LogP contribution in [-0.2, 0) is 9.47 Å². The molecule has 3 aromatic rings. The Morgan fingerprint density at radius 3 is 2.37 bits per heavy atom. The van der Waals surface area contributed by atoms with Crippen LogP contribution in [0.5, 0.6) is 0 Å². The molecule has 5 rings (SSSR count). The normalized spacial score (nSPS) is 22.6. The number of para-hydroxylation sites is 2. The van der Waals surface area contributed by atoms with Crippen molar-refractivity contribution < 1.29 is 9.47 Å². The maximum Gasteiger partial charge on any atom is 0.239 e. The van der Waals surface area contributed by atoms with Crippen LogP contribution in [0.3, 0.4) is 0 Å². The molecule has 0 aliphatic carbocycles. The summed E-state index contributed by atoms with van der Waals surface area (Å²) in [6, 6.07) is 8.04. The third kappa shape index (κ3) is 3.66. The van der Waals surface area contributed by atoms with Crippen LogP contribution in [0.15, 0.2) is 35.1 Å². The van der Waals surface area contributed by atoms with E-state index in [2.05, 4.69) is 44.6 Å². The second-order valence-corrected chi connectivity index (χ2v) is 8.64. The summed E-state index contributed by atoms with van der Waals surface area (Å²) in [6.07, 6.45) is 2.07. The average molecular weight is 473 g/mol. The van der Waals surface area contributed by atoms with Crippen LogP contribution in [0.25, 0.3) is 17.0 Å². The zero-order chi connectivity index (χ0) is 20.7. The maximum absolute atomic E-state index is 5.94. The Hall–Kier alpha value is -2.23. The summed E-state index contributed by atoms with van der Waals surface area (Å²) >= 11 is 3.82. The van der Waals surface area contributed by atoms with E-state index < -0.39 is 0 Å². The molecule has 2 fully saturated rings. The Balaban J connectivity index is 1.65. The lowest BCUT2D eigenvalue weighted by molar-refractivity contribution is -0.00550. The van der Waals surface area contributed by atoms with E-state index in [0.717, 1.165) is 53.3 Å². The first-order valence-corrected chi connectivity index (χ1v) is 11.1. The van der Waals surface area contributed by atoms with Gasteiger partial charge in [-0.1, -0.05) is 12.1 Å². The zero-order valence-corrected chi connectivity index (χ0v) is 18.7. The number of imidazole rings is 1. The van der Waals surface area contributed by atoms with Gasteiger partial charge < -0.3 is 19.3 Å². The van der Waals surface area contributed by atoms with Crippen LogP contribution < -0.4 is 9.80 Å². The molecule has 0 unspecified atom stereocenters. The van der Waals surface area contributed by atoms with E-state index in [4.69, 9.17) is 19.4 Å². The minimum Gasteiger partial charge on any atom is -0.378 e. The zero-order valence-electron chi connectivity index (χ0n) is 17.2. The minimum absolute atomic E-state index is 0.139. The van der Waals surface area contributed by atoms with Gasteiger partial charge in [0.05, 0.1) is 36.5 Å². The van der Waals surface area contributed by atoms with Gasteiger partial charge in [0.2, 0.25) is 5.95 Å². The van der Waals surface area contributed by atoms with Crippen molar-refractivity contribution in [2.75, 3.05) is 49.2 Å². The van der Waals surface area contributed by atoms with Gasteiger partial charge in [-0.2, -0.15) is 9.97 Å². The number of benzene rings is 1. The molecule has 0 radical (unpaired) electrons. The lowest BCUT2D eigenvalue weighted by Gasteiger charge is -2.37. The molecule has 2 atom stereocenters. The summed E-state index contributed by atoms with van der Waals surface area (Å²) < 4.78 is 14.4. The van der Waals surface area contributed by atoms with E-state index in [9.17, 15) is 0 Å². The third-order valence-corrected chi connectivity index (χ3v) is 6.21. The van der Waals surface area contributed by atoms with Crippen molar-refractivity contribution in [1.82, 2.24) is 19.5 Å². The van der Waals surface area contributed by atoms with E-state index in [-0.39, 0.29) is 12.2 Å². The van der Waals surface area contributed by atoms with Crippen LogP contribution in [0.2, 0.25) is 0 Å². The average Bonchev–Trinajstić information content (AvgIpc) is 3.18. The summed E-state index contributed by atoms with van der Waals surface area (Å²) in [7, 11) is 0. The molecule has 2 aliphatic heterocycles. The van der Waals surface area contributed by atoms with Crippen molar-refractivity contribution in [2.45, 2.75) is 26.1 Å². The van der Waals surface area contributed by atoms with Crippen LogP contribution in [0.1, 0.15) is 13.8 Å². The predicted octanol–water partition coefficient (Wildman–Crippen LogP) is 3.03. The first kappa shape index (κ1) is 19.7. The molecular weight excluding hydrogens is 448 g/mol. The summed E-state index contributed by atoms with van der Waals surface area (Å²) in [5.41, 5.74) is 1.91. The fourth-order valence-corrected chi connectivity index (χ4v) is 4.86. The molecule has 4 heterocycles. The lowest BCUT2D eigenvalue weighted by Crippen LogP contribution is -2.46. The molecule has 9 heteroatoms. The Morgan fingerprint density at radius 1 is 0.967 bits per heavy atom. The fraction of sp³-hybridized carbons (Fsp3) is 0.476. The molecule has 0 saturated carbocycles. The van der Waals surface area contributed by atoms with Crippen LogP contribution in [0, 0.1) is 0 Å². The van der Waals surface area contributed by atoms with Crippen LogP contribution in [0.4, 0.5) is 11.6 Å². The second kappa shape index (κ2) is 8.13. The number of halogens is 1. The van der Waals surface area contributed by atoms with Gasteiger partial charge in [0.25, 0.3) is 0 Å². The van der Waals surface area contributed by atoms with Crippen molar-refractivity contribution in [3.05, 3.63) is 35.1 Å². The molecule has 0 spiro atoms. The quantitative estimate of drug-likeness (QED) is 0.580. The first-order valence-electron chi connectivity index (χ1n) is 10.3. The number of nitrogens with zero attached hydrogens (tertiary/aromatic N) is 6. The number of hydrogen-bond donors (Lipinski definition) is 0. The van der Waals surface area contributed by atoms with E-state index in [1.54, 1.807) is 6.33 Å². The number of hydrogen-bond acceptors (Lipinski definition) is 7. The highest BCUT2D eigenvalue weighted by molar-refractivity contribution is 9.10. The molecular formula is C21H25BrN6O2. The van der Waals surface area contributed by atoms with Crippen LogP contribution in [-0.4, -0.2) is 71.1 Å². The molecule has 2 aliphatic rings. The van der Waals surface area contributed by atoms with Crippen molar-refractivity contribution in [3.8, 4) is 5.95 Å². The van der Waals surface area contributed by atoms with Gasteiger partial charge in [0.1, 0.15) is 10.8 Å². The Morgan fingerprint density at radius 2 is 1.63 bits per heavy atom. The van der Waals surface area contributed by atoms with Gasteiger partial charge in [0.15, 0.2) is 11.6 Å². The largest absolute Gasteiger partial charge is 0.378 e. The van der Waals surface area contributed by atoms with Gasteiger partial charge in [-0.15, -0.1) is 0 Å². The van der Waals surface area contributed by atoms with Gasteiger partial charge in [-0.25, -0.2) is 4.98 Å². The van der Waals surface area contributed by atoms with Gasteiger partial charge >= 0.3 is 0 Å². The molecule has 158 valence electrons. The van der Waals surface area contributed by atoms with Gasteiger partial charge in [0, 0.05) is 26.2 Å². The van der Waals surface area contributed by atoms with Gasteiger partial charge in [-0.05, 0) is 41.9 Å². The molecule has 2 saturated heterocycles. The van der Waals surface area contributed by atoms with Gasteiger partial charge in [-0.3, -0.25) is 4.57 Å². The lowest BCUT2D eigenvalue weighted by atomic mass is 10.2. The van der Waals surface area contributed by atoms with Crippen molar-refractivity contribution in [3.63, 3.8) is 0 Å². The van der Waals surface area contributed by atoms with Crippen molar-refractivity contribution >= 4 is 38.6 Å². The second-order valence-electron chi connectivity index (χ2n) is 7.85. The molecule has 30 heavy (non-hydrogen) atoms. The molecule has 0 N–H and O–H groups in total. The highest BCUT2D eigenvalue weighted by Gasteiger charge is 2.28. The molecule has 1 aromatic carbocycles. The van der Waals surface area contributed by atoms with E-state index in [1.165, 1.54) is 0 Å². The Labute approximate surface area is 184 Å². The third-order valence-electron chi connectivity index (χ3n) is 5.50.